The van der Waals surface area contributed by atoms with Crippen LogP contribution in [0.4, 0.5) is 0 Å². The molecule has 1 amide bonds. The highest BCUT2D eigenvalue weighted by Gasteiger charge is 2.28. The molecule has 0 saturated carbocycles. The molecule has 0 radical (unpaired) electrons. The first-order valence-corrected chi connectivity index (χ1v) is 12.6. The van der Waals surface area contributed by atoms with Gasteiger partial charge in [0.15, 0.2) is 6.10 Å². The van der Waals surface area contributed by atoms with Crippen molar-refractivity contribution in [1.82, 2.24) is 14.8 Å². The number of aromatic nitrogens is 1. The van der Waals surface area contributed by atoms with Crippen LogP contribution < -0.4 is 9.47 Å². The van der Waals surface area contributed by atoms with E-state index in [-0.39, 0.29) is 12.0 Å². The van der Waals surface area contributed by atoms with Crippen LogP contribution in [0, 0.1) is 0 Å². The Bertz CT molecular complexity index is 1130. The fourth-order valence-electron chi connectivity index (χ4n) is 4.96. The van der Waals surface area contributed by atoms with Gasteiger partial charge in [0.2, 0.25) is 0 Å². The summed E-state index contributed by atoms with van der Waals surface area (Å²) >= 11 is 0. The fourth-order valence-corrected chi connectivity index (χ4v) is 4.96. The van der Waals surface area contributed by atoms with Crippen LogP contribution in [-0.2, 0) is 22.6 Å². The summed E-state index contributed by atoms with van der Waals surface area (Å²) in [4.78, 5) is 21.8. The van der Waals surface area contributed by atoms with Gasteiger partial charge < -0.3 is 19.1 Å². The van der Waals surface area contributed by atoms with Crippen LogP contribution in [-0.4, -0.2) is 60.1 Å². The first-order valence-electron chi connectivity index (χ1n) is 12.6. The molecule has 2 aliphatic rings. The zero-order chi connectivity index (χ0) is 24.7. The van der Waals surface area contributed by atoms with Crippen LogP contribution in [0.5, 0.6) is 11.5 Å². The lowest BCUT2D eigenvalue weighted by Crippen LogP contribution is -2.38. The van der Waals surface area contributed by atoms with Crippen LogP contribution in [0.15, 0.2) is 73.1 Å². The molecule has 0 spiro atoms. The molecule has 3 aromatic rings. The highest BCUT2D eigenvalue weighted by atomic mass is 16.5. The molecule has 0 aliphatic carbocycles. The van der Waals surface area contributed by atoms with Gasteiger partial charge in [0.25, 0.3) is 5.91 Å². The summed E-state index contributed by atoms with van der Waals surface area (Å²) < 4.78 is 17.7. The monoisotopic (exact) mass is 487 g/mol. The van der Waals surface area contributed by atoms with Crippen molar-refractivity contribution in [3.05, 3.63) is 89.7 Å². The molecule has 0 unspecified atom stereocenters. The van der Waals surface area contributed by atoms with Gasteiger partial charge in [-0.15, -0.1) is 0 Å². The van der Waals surface area contributed by atoms with Gasteiger partial charge in [-0.1, -0.05) is 36.4 Å². The van der Waals surface area contributed by atoms with Crippen LogP contribution in [0.3, 0.4) is 0 Å². The zero-order valence-corrected chi connectivity index (χ0v) is 20.7. The maximum absolute atomic E-state index is 13.4. The number of amides is 1. The van der Waals surface area contributed by atoms with E-state index < -0.39 is 6.10 Å². The molecule has 1 fully saturated rings. The van der Waals surface area contributed by atoms with Crippen molar-refractivity contribution < 1.29 is 19.0 Å². The van der Waals surface area contributed by atoms with Crippen molar-refractivity contribution >= 4 is 5.91 Å². The molecule has 7 nitrogen and oxygen atoms in total. The summed E-state index contributed by atoms with van der Waals surface area (Å²) in [7, 11) is 1.58. The molecule has 2 aliphatic heterocycles. The van der Waals surface area contributed by atoms with E-state index in [0.717, 1.165) is 55.1 Å². The number of carbonyl (C=O) groups is 1. The third kappa shape index (κ3) is 5.86. The van der Waals surface area contributed by atoms with E-state index in [1.807, 2.05) is 53.4 Å². The van der Waals surface area contributed by atoms with E-state index in [1.54, 1.807) is 19.5 Å². The molecule has 5 rings (SSSR count). The molecular weight excluding hydrogens is 454 g/mol. The van der Waals surface area contributed by atoms with E-state index in [4.69, 9.17) is 14.2 Å². The van der Waals surface area contributed by atoms with Crippen molar-refractivity contribution in [2.45, 2.75) is 38.1 Å². The number of hydrogen-bond donors (Lipinski definition) is 0. The van der Waals surface area contributed by atoms with Gasteiger partial charge in [0, 0.05) is 45.0 Å². The van der Waals surface area contributed by atoms with Gasteiger partial charge in [0.05, 0.1) is 12.7 Å². The standard InChI is InChI=1S/C29H33N3O4/c1-34-28(23-6-3-2-4-7-23)29(33)32-16-17-35-27-10-9-22(18-24(27)21-32)20-31-14-11-25(12-15-31)36-26-8-5-13-30-19-26/h2-10,13,18-19,25,28H,11-12,14-17,20-21H2,1H3/t28-/m0/s1. The summed E-state index contributed by atoms with van der Waals surface area (Å²) in [6, 6.07) is 19.9. The Morgan fingerprint density at radius 2 is 1.92 bits per heavy atom. The topological polar surface area (TPSA) is 64.1 Å². The second-order valence-electron chi connectivity index (χ2n) is 9.36. The van der Waals surface area contributed by atoms with E-state index in [2.05, 4.69) is 22.0 Å². The maximum Gasteiger partial charge on any atom is 0.256 e. The van der Waals surface area contributed by atoms with Gasteiger partial charge in [-0.25, -0.2) is 0 Å². The normalized spacial score (nSPS) is 17.5. The molecular formula is C29H33N3O4. The van der Waals surface area contributed by atoms with Crippen molar-refractivity contribution in [2.75, 3.05) is 33.4 Å². The third-order valence-electron chi connectivity index (χ3n) is 6.86. The average Bonchev–Trinajstić information content (AvgIpc) is 3.14. The lowest BCUT2D eigenvalue weighted by Gasteiger charge is -2.32. The number of nitrogens with zero attached hydrogens (tertiary/aromatic N) is 3. The molecule has 0 bridgehead atoms. The molecule has 1 atom stereocenters. The number of piperidine rings is 1. The predicted octanol–water partition coefficient (Wildman–Crippen LogP) is 4.23. The van der Waals surface area contributed by atoms with E-state index in [0.29, 0.717) is 19.7 Å². The summed E-state index contributed by atoms with van der Waals surface area (Å²) in [5.41, 5.74) is 3.13. The number of rotatable bonds is 7. The Kier molecular flexibility index (Phi) is 7.79. The quantitative estimate of drug-likeness (QED) is 0.497. The van der Waals surface area contributed by atoms with Crippen molar-refractivity contribution in [3.8, 4) is 11.5 Å². The molecule has 0 N–H and O–H groups in total. The SMILES string of the molecule is CO[C@H](C(=O)N1CCOc2ccc(CN3CCC(Oc4cccnc4)CC3)cc2C1)c1ccccc1. The zero-order valence-electron chi connectivity index (χ0n) is 20.7. The smallest absolute Gasteiger partial charge is 0.256 e. The molecule has 1 saturated heterocycles. The molecule has 188 valence electrons. The summed E-state index contributed by atoms with van der Waals surface area (Å²) in [6.07, 6.45) is 5.11. The molecule has 3 heterocycles. The van der Waals surface area contributed by atoms with Gasteiger partial charge in [-0.05, 0) is 48.2 Å². The van der Waals surface area contributed by atoms with Crippen LogP contribution in [0.2, 0.25) is 0 Å². The summed E-state index contributed by atoms with van der Waals surface area (Å²) in [6.45, 7) is 4.33. The minimum absolute atomic E-state index is 0.0405. The van der Waals surface area contributed by atoms with Gasteiger partial charge in [0.1, 0.15) is 24.2 Å². The Hall–Kier alpha value is -3.42. The number of hydrogen-bond acceptors (Lipinski definition) is 6. The molecule has 36 heavy (non-hydrogen) atoms. The number of fused-ring (bicyclic) bond motifs is 1. The Labute approximate surface area is 212 Å². The van der Waals surface area contributed by atoms with E-state index in [9.17, 15) is 4.79 Å². The largest absolute Gasteiger partial charge is 0.491 e. The van der Waals surface area contributed by atoms with Crippen LogP contribution in [0.1, 0.15) is 35.6 Å². The number of methoxy groups -OCH3 is 1. The first kappa shape index (κ1) is 24.3. The van der Waals surface area contributed by atoms with Gasteiger partial charge in [-0.2, -0.15) is 0 Å². The third-order valence-corrected chi connectivity index (χ3v) is 6.86. The first-order chi connectivity index (χ1) is 17.7. The van der Waals surface area contributed by atoms with Crippen LogP contribution >= 0.6 is 0 Å². The number of pyridine rings is 1. The molecule has 2 aromatic carbocycles. The maximum atomic E-state index is 13.4. The van der Waals surface area contributed by atoms with Crippen LogP contribution in [0.25, 0.3) is 0 Å². The summed E-state index contributed by atoms with van der Waals surface area (Å²) in [5, 5.41) is 0. The summed E-state index contributed by atoms with van der Waals surface area (Å²) in [5.74, 6) is 1.65. The number of likely N-dealkylation sites (tertiary alicyclic amines) is 1. The van der Waals surface area contributed by atoms with Crippen molar-refractivity contribution in [3.63, 3.8) is 0 Å². The van der Waals surface area contributed by atoms with Gasteiger partial charge >= 0.3 is 0 Å². The number of ether oxygens (including phenoxy) is 3. The fraction of sp³-hybridized carbons (Fsp3) is 0.379. The van der Waals surface area contributed by atoms with E-state index in [1.165, 1.54) is 5.56 Å². The minimum atomic E-state index is -0.619. The molecule has 1 aromatic heterocycles. The van der Waals surface area contributed by atoms with Crippen molar-refractivity contribution in [1.29, 1.82) is 0 Å². The average molecular weight is 488 g/mol. The Balaban J connectivity index is 1.21. The minimum Gasteiger partial charge on any atom is -0.491 e. The predicted molar refractivity (Wildman–Crippen MR) is 137 cm³/mol. The molecule has 7 heteroatoms. The Morgan fingerprint density at radius 3 is 2.67 bits per heavy atom. The van der Waals surface area contributed by atoms with E-state index >= 15 is 0 Å². The number of carbonyl (C=O) groups excluding carboxylic acids is 1. The van der Waals surface area contributed by atoms with Crippen molar-refractivity contribution in [2.24, 2.45) is 0 Å². The second kappa shape index (κ2) is 11.5. The number of benzene rings is 2. The van der Waals surface area contributed by atoms with Gasteiger partial charge in [-0.3, -0.25) is 14.7 Å². The highest BCUT2D eigenvalue weighted by molar-refractivity contribution is 5.82. The second-order valence-corrected chi connectivity index (χ2v) is 9.36. The highest BCUT2D eigenvalue weighted by Crippen LogP contribution is 2.28. The Morgan fingerprint density at radius 1 is 1.08 bits per heavy atom. The lowest BCUT2D eigenvalue weighted by molar-refractivity contribution is -0.143. The lowest BCUT2D eigenvalue weighted by atomic mass is 10.0.